The van der Waals surface area contributed by atoms with Crippen LogP contribution < -0.4 is 14.7 Å². The molecule has 1 heterocycles. The van der Waals surface area contributed by atoms with Crippen molar-refractivity contribution < 1.29 is 17.9 Å². The van der Waals surface area contributed by atoms with Crippen LogP contribution in [0.1, 0.15) is 23.7 Å². The molecule has 160 valence electrons. The topological polar surface area (TPSA) is 104 Å². The number of hydrogen-bond donors (Lipinski definition) is 1. The maximum atomic E-state index is 13.1. The Balaban J connectivity index is 1.89. The number of primary sulfonamides is 1. The van der Waals surface area contributed by atoms with Crippen molar-refractivity contribution in [2.24, 2.45) is 10.1 Å². The second-order valence-electron chi connectivity index (χ2n) is 7.03. The molecular weight excluding hydrogens is 434 g/mol. The first-order chi connectivity index (χ1) is 14.8. The van der Waals surface area contributed by atoms with Gasteiger partial charge in [0.25, 0.3) is 5.91 Å². The van der Waals surface area contributed by atoms with Gasteiger partial charge in [0.15, 0.2) is 4.80 Å². The molecule has 2 N–H and O–H groups in total. The summed E-state index contributed by atoms with van der Waals surface area (Å²) in [5.41, 5.74) is 1.17. The molecule has 0 saturated heterocycles. The van der Waals surface area contributed by atoms with Crippen molar-refractivity contribution in [1.29, 1.82) is 0 Å². The molecule has 0 aliphatic rings. The Bertz CT molecular complexity index is 1480. The average Bonchev–Trinajstić information content (AvgIpc) is 3.08. The van der Waals surface area contributed by atoms with Crippen LogP contribution in [0.4, 0.5) is 0 Å². The largest absolute Gasteiger partial charge is 0.496 e. The molecule has 31 heavy (non-hydrogen) atoms. The van der Waals surface area contributed by atoms with Gasteiger partial charge in [0.1, 0.15) is 5.75 Å². The maximum Gasteiger partial charge on any atom is 0.283 e. The van der Waals surface area contributed by atoms with Crippen molar-refractivity contribution in [1.82, 2.24) is 4.57 Å². The molecule has 7 nitrogen and oxygen atoms in total. The number of nitrogens with two attached hydrogens (primary N) is 1. The number of benzene rings is 3. The number of amides is 1. The van der Waals surface area contributed by atoms with Crippen LogP contribution in [0.15, 0.2) is 64.5 Å². The van der Waals surface area contributed by atoms with Crippen molar-refractivity contribution in [3.8, 4) is 5.75 Å². The van der Waals surface area contributed by atoms with Crippen LogP contribution in [-0.4, -0.2) is 26.0 Å². The number of fused-ring (bicyclic) bond motifs is 2. The number of nitrogens with zero attached hydrogens (tertiary/aromatic N) is 2. The predicted octanol–water partition coefficient (Wildman–Crippen LogP) is 3.66. The van der Waals surface area contributed by atoms with Crippen LogP contribution in [0.2, 0.25) is 0 Å². The Hall–Kier alpha value is -3.01. The fourth-order valence-corrected chi connectivity index (χ4v) is 5.17. The van der Waals surface area contributed by atoms with Gasteiger partial charge in [-0.25, -0.2) is 13.6 Å². The van der Waals surface area contributed by atoms with Crippen molar-refractivity contribution >= 4 is 48.3 Å². The lowest BCUT2D eigenvalue weighted by Crippen LogP contribution is -2.17. The lowest BCUT2D eigenvalue weighted by Gasteiger charge is -2.08. The minimum absolute atomic E-state index is 0.0268. The molecule has 0 radical (unpaired) electrons. The van der Waals surface area contributed by atoms with Crippen LogP contribution >= 0.6 is 11.3 Å². The summed E-state index contributed by atoms with van der Waals surface area (Å²) < 4.78 is 31.5. The van der Waals surface area contributed by atoms with E-state index in [1.54, 1.807) is 12.1 Å². The van der Waals surface area contributed by atoms with E-state index in [4.69, 9.17) is 9.88 Å². The smallest absolute Gasteiger partial charge is 0.283 e. The summed E-state index contributed by atoms with van der Waals surface area (Å²) in [6.45, 7) is 2.66. The number of aryl methyl sites for hydroxylation is 1. The molecule has 4 rings (SSSR count). The highest BCUT2D eigenvalue weighted by molar-refractivity contribution is 7.89. The summed E-state index contributed by atoms with van der Waals surface area (Å²) in [6, 6.07) is 16.0. The highest BCUT2D eigenvalue weighted by Crippen LogP contribution is 2.27. The van der Waals surface area contributed by atoms with E-state index in [0.29, 0.717) is 27.4 Å². The fraction of sp³-hybridized carbons (Fsp3) is 0.182. The van der Waals surface area contributed by atoms with Gasteiger partial charge in [-0.05, 0) is 47.5 Å². The number of methoxy groups -OCH3 is 1. The highest BCUT2D eigenvalue weighted by atomic mass is 32.2. The molecule has 0 saturated carbocycles. The zero-order chi connectivity index (χ0) is 22.2. The Morgan fingerprint density at radius 1 is 1.13 bits per heavy atom. The summed E-state index contributed by atoms with van der Waals surface area (Å²) in [7, 11) is -2.30. The molecule has 0 aliphatic carbocycles. The quantitative estimate of drug-likeness (QED) is 0.496. The molecule has 1 aromatic heterocycles. The summed E-state index contributed by atoms with van der Waals surface area (Å²) in [5, 5.41) is 7.15. The number of carbonyl (C=O) groups is 1. The van der Waals surface area contributed by atoms with Gasteiger partial charge < -0.3 is 9.30 Å². The van der Waals surface area contributed by atoms with E-state index in [1.165, 1.54) is 30.6 Å². The van der Waals surface area contributed by atoms with Gasteiger partial charge in [-0.15, -0.1) is 0 Å². The van der Waals surface area contributed by atoms with Crippen LogP contribution in [0.3, 0.4) is 0 Å². The first-order valence-electron chi connectivity index (χ1n) is 9.64. The zero-order valence-electron chi connectivity index (χ0n) is 17.0. The number of carbonyl (C=O) groups excluding carboxylic acids is 1. The highest BCUT2D eigenvalue weighted by Gasteiger charge is 2.16. The first kappa shape index (κ1) is 21.2. The van der Waals surface area contributed by atoms with Crippen molar-refractivity contribution in [2.45, 2.75) is 24.8 Å². The third kappa shape index (κ3) is 4.12. The molecule has 0 bridgehead atoms. The lowest BCUT2D eigenvalue weighted by atomic mass is 10.1. The molecule has 0 aliphatic heterocycles. The van der Waals surface area contributed by atoms with Gasteiger partial charge in [0.05, 0.1) is 27.8 Å². The summed E-state index contributed by atoms with van der Waals surface area (Å²) >= 11 is 1.25. The molecule has 1 amide bonds. The number of aromatic nitrogens is 1. The predicted molar refractivity (Wildman–Crippen MR) is 122 cm³/mol. The monoisotopic (exact) mass is 455 g/mol. The van der Waals surface area contributed by atoms with E-state index in [1.807, 2.05) is 41.8 Å². The van der Waals surface area contributed by atoms with Crippen LogP contribution in [-0.2, 0) is 16.6 Å². The fourth-order valence-electron chi connectivity index (χ4n) is 3.46. The van der Waals surface area contributed by atoms with Crippen molar-refractivity contribution in [2.75, 3.05) is 7.11 Å². The molecule has 9 heteroatoms. The molecule has 0 unspecified atom stereocenters. The summed E-state index contributed by atoms with van der Waals surface area (Å²) in [6.07, 6.45) is 0.823. The molecule has 0 fully saturated rings. The second-order valence-corrected chi connectivity index (χ2v) is 9.60. The summed E-state index contributed by atoms with van der Waals surface area (Å²) in [4.78, 5) is 18.0. The first-order valence-corrected chi connectivity index (χ1v) is 12.0. The number of thiazole rings is 1. The SMILES string of the molecule is CCCn1c(=NC(=O)c2cc3ccccc3cc2OC)sc2cc(S(N)(=O)=O)ccc21. The number of rotatable bonds is 5. The molecule has 0 atom stereocenters. The van der Waals surface area contributed by atoms with E-state index in [2.05, 4.69) is 4.99 Å². The minimum atomic E-state index is -3.82. The van der Waals surface area contributed by atoms with Gasteiger partial charge in [-0.2, -0.15) is 4.99 Å². The molecule has 0 spiro atoms. The van der Waals surface area contributed by atoms with Gasteiger partial charge in [-0.3, -0.25) is 4.79 Å². The molecule has 3 aromatic carbocycles. The normalized spacial score (nSPS) is 12.5. The average molecular weight is 456 g/mol. The maximum absolute atomic E-state index is 13.1. The Morgan fingerprint density at radius 2 is 1.84 bits per heavy atom. The Labute approximate surface area is 183 Å². The van der Waals surface area contributed by atoms with Crippen molar-refractivity contribution in [3.05, 3.63) is 65.0 Å². The van der Waals surface area contributed by atoms with Crippen LogP contribution in [0, 0.1) is 0 Å². The number of sulfonamides is 1. The molecular formula is C22H21N3O4S2. The van der Waals surface area contributed by atoms with Crippen LogP contribution in [0.5, 0.6) is 5.75 Å². The molecule has 4 aromatic rings. The minimum Gasteiger partial charge on any atom is -0.496 e. The van der Waals surface area contributed by atoms with E-state index in [9.17, 15) is 13.2 Å². The van der Waals surface area contributed by atoms with Gasteiger partial charge in [0.2, 0.25) is 10.0 Å². The standard InChI is InChI=1S/C22H21N3O4S2/c1-3-10-25-18-9-8-16(31(23,27)28)13-20(18)30-22(25)24-21(26)17-11-14-6-4-5-7-15(14)12-19(17)29-2/h4-9,11-13H,3,10H2,1-2H3,(H2,23,27,28). The van der Waals surface area contributed by atoms with Gasteiger partial charge >= 0.3 is 0 Å². The van der Waals surface area contributed by atoms with E-state index in [-0.39, 0.29) is 4.90 Å². The van der Waals surface area contributed by atoms with E-state index >= 15 is 0 Å². The third-order valence-corrected chi connectivity index (χ3v) is 6.88. The van der Waals surface area contributed by atoms with E-state index < -0.39 is 15.9 Å². The van der Waals surface area contributed by atoms with Gasteiger partial charge in [0, 0.05) is 6.54 Å². The van der Waals surface area contributed by atoms with E-state index in [0.717, 1.165) is 22.7 Å². The number of hydrogen-bond acceptors (Lipinski definition) is 5. The van der Waals surface area contributed by atoms with Crippen LogP contribution in [0.25, 0.3) is 21.0 Å². The number of ether oxygens (including phenoxy) is 1. The Morgan fingerprint density at radius 3 is 2.48 bits per heavy atom. The zero-order valence-corrected chi connectivity index (χ0v) is 18.7. The Kier molecular flexibility index (Phi) is 5.65. The second kappa shape index (κ2) is 8.26. The summed E-state index contributed by atoms with van der Waals surface area (Å²) in [5.74, 6) is 0.0257. The van der Waals surface area contributed by atoms with Crippen molar-refractivity contribution in [3.63, 3.8) is 0 Å². The van der Waals surface area contributed by atoms with Gasteiger partial charge in [-0.1, -0.05) is 42.5 Å². The lowest BCUT2D eigenvalue weighted by molar-refractivity contribution is 0.0995. The third-order valence-electron chi connectivity index (χ3n) is 4.93.